The van der Waals surface area contributed by atoms with Gasteiger partial charge in [0.1, 0.15) is 17.5 Å². The predicted octanol–water partition coefficient (Wildman–Crippen LogP) is 3.26. The molecule has 0 spiro atoms. The second-order valence-electron chi connectivity index (χ2n) is 4.88. The van der Waals surface area contributed by atoms with E-state index in [2.05, 4.69) is 90.4 Å². The van der Waals surface area contributed by atoms with Gasteiger partial charge in [0.25, 0.3) is 0 Å². The van der Waals surface area contributed by atoms with Crippen LogP contribution in [0.5, 0.6) is 17.2 Å². The van der Waals surface area contributed by atoms with Gasteiger partial charge in [0.15, 0.2) is 5.75 Å². The number of carbonyl (C=O) groups is 1. The molecule has 0 radical (unpaired) electrons. The third kappa shape index (κ3) is 7.91. The first-order valence-electron chi connectivity index (χ1n) is 6.51. The van der Waals surface area contributed by atoms with Gasteiger partial charge in [-0.25, -0.2) is 0 Å². The summed E-state index contributed by atoms with van der Waals surface area (Å²) in [6, 6.07) is 6.34. The molecule has 5 nitrogen and oxygen atoms in total. The van der Waals surface area contributed by atoms with Gasteiger partial charge in [0, 0.05) is 0 Å². The molecule has 0 saturated carbocycles. The fraction of sp³-hybridized carbons (Fsp3) is 0.133. The van der Waals surface area contributed by atoms with E-state index >= 15 is 0 Å². The van der Waals surface area contributed by atoms with Gasteiger partial charge in [0.2, 0.25) is 0 Å². The first-order valence-corrected chi connectivity index (χ1v) is 10.8. The zero-order chi connectivity index (χ0) is 18.0. The van der Waals surface area contributed by atoms with Crippen LogP contribution in [0.1, 0.15) is 5.56 Å². The molecule has 2 rings (SSSR count). The summed E-state index contributed by atoms with van der Waals surface area (Å²) >= 11 is 8.42. The first kappa shape index (κ1) is 28.4. The Labute approximate surface area is 250 Å². The number of hydrogen-bond donors (Lipinski definition) is 3. The molecule has 0 fully saturated rings. The number of carboxylic acid groups (broad SMARTS) is 1. The van der Waals surface area contributed by atoms with Gasteiger partial charge in [-0.15, -0.1) is 0 Å². The minimum absolute atomic E-state index is 0. The number of aromatic hydroxyl groups is 1. The number of hydrogen-bond acceptors (Lipinski definition) is 4. The molecule has 0 bridgehead atoms. The number of halogens is 4. The Bertz CT molecular complexity index is 761. The molecule has 11 heteroatoms. The number of benzene rings is 2. The van der Waals surface area contributed by atoms with Crippen molar-refractivity contribution in [3.05, 3.63) is 44.1 Å². The van der Waals surface area contributed by atoms with Crippen LogP contribution >= 0.6 is 90.4 Å². The molecule has 0 aliphatic rings. The number of phenolic OH excluding ortho intramolecular Hbond substituents is 1. The van der Waals surface area contributed by atoms with E-state index in [9.17, 15) is 9.90 Å². The summed E-state index contributed by atoms with van der Waals surface area (Å²) in [7, 11) is 0. The Morgan fingerprint density at radius 2 is 1.46 bits per heavy atom. The molecule has 0 aliphatic carbocycles. The molecule has 26 heavy (non-hydrogen) atoms. The maximum atomic E-state index is 10.9. The van der Waals surface area contributed by atoms with Crippen molar-refractivity contribution in [3.63, 3.8) is 0 Å². The average molecular weight is 825 g/mol. The van der Waals surface area contributed by atoms with Crippen LogP contribution in [0.2, 0.25) is 0 Å². The normalized spacial score (nSPS) is 11.1. The van der Waals surface area contributed by atoms with Crippen molar-refractivity contribution in [2.75, 3.05) is 0 Å². The number of phenols is 1. The van der Waals surface area contributed by atoms with Crippen LogP contribution in [0.15, 0.2) is 24.3 Å². The van der Waals surface area contributed by atoms with Crippen LogP contribution in [0.4, 0.5) is 0 Å². The molecule has 0 amide bonds. The number of rotatable bonds is 5. The molecular formula is C15H13I4NNa2O4. The molecule has 0 saturated heterocycles. The van der Waals surface area contributed by atoms with E-state index in [-0.39, 0.29) is 71.3 Å². The van der Waals surface area contributed by atoms with Crippen LogP contribution in [-0.2, 0) is 11.2 Å². The molecule has 0 heterocycles. The monoisotopic (exact) mass is 825 g/mol. The zero-order valence-corrected chi connectivity index (χ0v) is 20.5. The fourth-order valence-corrected chi connectivity index (χ4v) is 5.72. The average Bonchev–Trinajstić information content (AvgIpc) is 2.48. The number of carboxylic acids is 1. The Kier molecular flexibility index (Phi) is 14.1. The summed E-state index contributed by atoms with van der Waals surface area (Å²) in [6.07, 6.45) is 0.261. The summed E-state index contributed by atoms with van der Waals surface area (Å²) < 4.78 is 9.14. The van der Waals surface area contributed by atoms with E-state index in [1.165, 1.54) is 0 Å². The minimum atomic E-state index is -1.02. The van der Waals surface area contributed by atoms with Gasteiger partial charge in [-0.2, -0.15) is 0 Å². The zero-order valence-electron chi connectivity index (χ0n) is 11.9. The third-order valence-corrected chi connectivity index (χ3v) is 6.29. The van der Waals surface area contributed by atoms with E-state index in [0.29, 0.717) is 18.6 Å². The first-order chi connectivity index (χ1) is 11.2. The topological polar surface area (TPSA) is 92.8 Å². The second-order valence-corrected chi connectivity index (χ2v) is 9.52. The third-order valence-electron chi connectivity index (χ3n) is 3.04. The molecular weight excluding hydrogens is 812 g/mol. The van der Waals surface area contributed by atoms with E-state index in [4.69, 9.17) is 15.6 Å². The Morgan fingerprint density at radius 3 is 1.88 bits per heavy atom. The fourth-order valence-electron chi connectivity index (χ4n) is 1.89. The SMILES string of the molecule is N[C@@H](Cc1cc(I)c(Oc2cc(I)c(O)c(I)c2)c(I)c1)C(=O)O.[NaH].[NaH]. The summed E-state index contributed by atoms with van der Waals surface area (Å²) in [5.41, 5.74) is 6.44. The van der Waals surface area contributed by atoms with Crippen LogP contribution in [0, 0.1) is 14.3 Å². The van der Waals surface area contributed by atoms with Crippen molar-refractivity contribution < 1.29 is 19.7 Å². The van der Waals surface area contributed by atoms with Crippen LogP contribution in [0.3, 0.4) is 0 Å². The molecule has 1 atom stereocenters. The van der Waals surface area contributed by atoms with Crippen molar-refractivity contribution in [3.8, 4) is 17.2 Å². The van der Waals surface area contributed by atoms with Crippen molar-refractivity contribution in [2.24, 2.45) is 5.73 Å². The number of aliphatic carboxylic acids is 1. The van der Waals surface area contributed by atoms with Crippen LogP contribution in [0.25, 0.3) is 0 Å². The van der Waals surface area contributed by atoms with E-state index in [1.54, 1.807) is 12.1 Å². The Morgan fingerprint density at radius 1 is 1.00 bits per heavy atom. The molecule has 0 unspecified atom stereocenters. The van der Waals surface area contributed by atoms with E-state index in [0.717, 1.165) is 12.7 Å². The summed E-state index contributed by atoms with van der Waals surface area (Å²) in [6.45, 7) is 0. The van der Waals surface area contributed by atoms with Gasteiger partial charge < -0.3 is 20.7 Å². The van der Waals surface area contributed by atoms with E-state index in [1.807, 2.05) is 12.1 Å². The van der Waals surface area contributed by atoms with Crippen molar-refractivity contribution >= 4 is 155 Å². The van der Waals surface area contributed by atoms with E-state index < -0.39 is 12.0 Å². The number of ether oxygens (including phenoxy) is 1. The summed E-state index contributed by atoms with van der Waals surface area (Å²) in [5, 5.41) is 18.8. The molecule has 132 valence electrons. The molecule has 2 aromatic carbocycles. The summed E-state index contributed by atoms with van der Waals surface area (Å²) in [4.78, 5) is 10.9. The molecule has 0 aromatic heterocycles. The van der Waals surface area contributed by atoms with Crippen molar-refractivity contribution in [1.29, 1.82) is 0 Å². The van der Waals surface area contributed by atoms with Crippen LogP contribution < -0.4 is 10.5 Å². The molecule has 2 aromatic rings. The Balaban J connectivity index is 0.00000312. The van der Waals surface area contributed by atoms with Crippen molar-refractivity contribution in [1.82, 2.24) is 0 Å². The molecule has 0 aliphatic heterocycles. The standard InChI is InChI=1S/C15H11I4NO4.2Na.2H/c16-8-4-7(5-9(17)13(8)21)24-14-10(18)1-6(2-11(14)19)3-12(20)15(22)23;;;;/h1-2,4-5,12,21H,3,20H2,(H,22,23);;;;/t12-;;;;/m0..../s1. The van der Waals surface area contributed by atoms with Gasteiger partial charge in [-0.1, -0.05) is 0 Å². The predicted molar refractivity (Wildman–Crippen MR) is 139 cm³/mol. The Hall–Kier alpha value is 2.39. The van der Waals surface area contributed by atoms with Crippen molar-refractivity contribution in [2.45, 2.75) is 12.5 Å². The second kappa shape index (κ2) is 12.9. The van der Waals surface area contributed by atoms with Crippen LogP contribution in [-0.4, -0.2) is 81.3 Å². The quantitative estimate of drug-likeness (QED) is 0.319. The molecule has 4 N–H and O–H groups in total. The van der Waals surface area contributed by atoms with Gasteiger partial charge in [-0.05, 0) is 127 Å². The number of nitrogens with two attached hydrogens (primary N) is 1. The summed E-state index contributed by atoms with van der Waals surface area (Å²) in [5.74, 6) is 0.549. The maximum absolute atomic E-state index is 10.9. The van der Waals surface area contributed by atoms with Gasteiger partial charge in [-0.3, -0.25) is 4.79 Å². The van der Waals surface area contributed by atoms with Gasteiger partial charge in [0.05, 0.1) is 14.3 Å². The van der Waals surface area contributed by atoms with Gasteiger partial charge >= 0.3 is 65.1 Å².